The van der Waals surface area contributed by atoms with Gasteiger partial charge in [0.15, 0.2) is 5.82 Å². The quantitative estimate of drug-likeness (QED) is 0.842. The third-order valence-corrected chi connectivity index (χ3v) is 3.51. The number of carbonyl (C=O) groups is 2. The highest BCUT2D eigenvalue weighted by atomic mass is 16.5. The summed E-state index contributed by atoms with van der Waals surface area (Å²) < 4.78 is 4.90. The first-order valence-corrected chi connectivity index (χ1v) is 7.64. The van der Waals surface area contributed by atoms with Gasteiger partial charge in [-0.3, -0.25) is 14.5 Å². The molecule has 2 rings (SSSR count). The zero-order valence-electron chi connectivity index (χ0n) is 14.2. The summed E-state index contributed by atoms with van der Waals surface area (Å²) in [6.07, 6.45) is 0. The lowest BCUT2D eigenvalue weighted by atomic mass is 10.0. The van der Waals surface area contributed by atoms with E-state index in [1.165, 1.54) is 0 Å². The summed E-state index contributed by atoms with van der Waals surface area (Å²) in [7, 11) is 3.64. The molecule has 0 aliphatic carbocycles. The van der Waals surface area contributed by atoms with Crippen molar-refractivity contribution in [3.8, 4) is 0 Å². The van der Waals surface area contributed by atoms with Gasteiger partial charge in [-0.05, 0) is 33.5 Å². The lowest BCUT2D eigenvalue weighted by molar-refractivity contribution is -0.129. The average molecular weight is 330 g/mol. The molecule has 0 saturated heterocycles. The molecule has 1 heterocycles. The normalized spacial score (nSPS) is 13.4. The lowest BCUT2D eigenvalue weighted by Crippen LogP contribution is -2.46. The number of hydrogen-bond donors (Lipinski definition) is 2. The number of aryl methyl sites for hydroxylation is 1. The van der Waals surface area contributed by atoms with Crippen molar-refractivity contribution in [1.82, 2.24) is 15.4 Å². The van der Waals surface area contributed by atoms with E-state index in [4.69, 9.17) is 4.52 Å². The number of hydrogen-bond acceptors (Lipinski definition) is 5. The van der Waals surface area contributed by atoms with Gasteiger partial charge in [0.05, 0.1) is 0 Å². The molecule has 0 aliphatic heterocycles. The molecule has 1 aromatic carbocycles. The second-order valence-corrected chi connectivity index (χ2v) is 5.82. The van der Waals surface area contributed by atoms with Crippen LogP contribution in [0.4, 0.5) is 5.82 Å². The topological polar surface area (TPSA) is 87.5 Å². The molecule has 128 valence electrons. The maximum atomic E-state index is 12.6. The first-order chi connectivity index (χ1) is 11.4. The third kappa shape index (κ3) is 4.42. The summed E-state index contributed by atoms with van der Waals surface area (Å²) in [6.45, 7) is 3.35. The lowest BCUT2D eigenvalue weighted by Gasteiger charge is -2.25. The molecule has 2 unspecified atom stereocenters. The van der Waals surface area contributed by atoms with Crippen molar-refractivity contribution >= 4 is 17.6 Å². The second-order valence-electron chi connectivity index (χ2n) is 5.82. The van der Waals surface area contributed by atoms with E-state index in [1.54, 1.807) is 24.8 Å². The fourth-order valence-corrected chi connectivity index (χ4v) is 2.34. The van der Waals surface area contributed by atoms with Crippen molar-refractivity contribution < 1.29 is 14.1 Å². The molecule has 0 saturated carbocycles. The number of anilines is 1. The number of nitrogens with one attached hydrogen (secondary N) is 2. The molecule has 0 fully saturated rings. The van der Waals surface area contributed by atoms with Crippen LogP contribution in [0, 0.1) is 6.92 Å². The van der Waals surface area contributed by atoms with Crippen LogP contribution in [-0.4, -0.2) is 42.0 Å². The smallest absolute Gasteiger partial charge is 0.247 e. The van der Waals surface area contributed by atoms with Gasteiger partial charge < -0.3 is 15.2 Å². The number of nitrogens with zero attached hydrogens (tertiary/aromatic N) is 2. The van der Waals surface area contributed by atoms with Gasteiger partial charge in [0, 0.05) is 6.07 Å². The predicted molar refractivity (Wildman–Crippen MR) is 90.3 cm³/mol. The van der Waals surface area contributed by atoms with Crippen molar-refractivity contribution in [2.24, 2.45) is 0 Å². The summed E-state index contributed by atoms with van der Waals surface area (Å²) in [5, 5.41) is 9.04. The number of carbonyl (C=O) groups excluding carboxylic acids is 2. The van der Waals surface area contributed by atoms with E-state index >= 15 is 0 Å². The average Bonchev–Trinajstić information content (AvgIpc) is 2.93. The van der Waals surface area contributed by atoms with Gasteiger partial charge in [-0.1, -0.05) is 35.5 Å². The Labute approximate surface area is 141 Å². The minimum Gasteiger partial charge on any atom is -0.360 e. The van der Waals surface area contributed by atoms with Crippen LogP contribution >= 0.6 is 0 Å². The zero-order valence-corrected chi connectivity index (χ0v) is 14.2. The monoisotopic (exact) mass is 330 g/mol. The van der Waals surface area contributed by atoms with Crippen molar-refractivity contribution in [3.05, 3.63) is 47.7 Å². The van der Waals surface area contributed by atoms with Crippen LogP contribution in [-0.2, 0) is 9.59 Å². The molecule has 1 aromatic heterocycles. The van der Waals surface area contributed by atoms with Gasteiger partial charge >= 0.3 is 0 Å². The number of rotatable bonds is 6. The first kappa shape index (κ1) is 17.7. The Bertz CT molecular complexity index is 697. The Morgan fingerprint density at radius 2 is 1.83 bits per heavy atom. The number of benzene rings is 1. The van der Waals surface area contributed by atoms with Gasteiger partial charge in [0.2, 0.25) is 11.8 Å². The molecule has 2 aromatic rings. The highest BCUT2D eigenvalue weighted by Gasteiger charge is 2.26. The van der Waals surface area contributed by atoms with E-state index in [1.807, 2.05) is 44.4 Å². The van der Waals surface area contributed by atoms with Crippen LogP contribution in [0.1, 0.15) is 24.3 Å². The molecule has 0 radical (unpaired) electrons. The second kappa shape index (κ2) is 7.74. The van der Waals surface area contributed by atoms with Gasteiger partial charge in [0.25, 0.3) is 0 Å². The fraction of sp³-hybridized carbons (Fsp3) is 0.353. The Morgan fingerprint density at radius 3 is 2.38 bits per heavy atom. The standard InChI is InChI=1S/C17H22N4O3/c1-11-10-14(20-24-11)19-16(22)12(2)18-17(23)15(21(3)4)13-8-6-5-7-9-13/h5-10,12,15H,1-4H3,(H,18,23)(H,19,20,22). The van der Waals surface area contributed by atoms with E-state index in [9.17, 15) is 9.59 Å². The number of likely N-dealkylation sites (N-methyl/N-ethyl adjacent to an activating group) is 1. The Morgan fingerprint density at radius 1 is 1.17 bits per heavy atom. The molecule has 7 heteroatoms. The molecular formula is C17H22N4O3. The molecule has 0 aliphatic rings. The van der Waals surface area contributed by atoms with Gasteiger partial charge in [-0.25, -0.2) is 0 Å². The van der Waals surface area contributed by atoms with Crippen LogP contribution in [0.2, 0.25) is 0 Å². The maximum Gasteiger partial charge on any atom is 0.247 e. The molecule has 24 heavy (non-hydrogen) atoms. The number of amides is 2. The maximum absolute atomic E-state index is 12.6. The van der Waals surface area contributed by atoms with Crippen molar-refractivity contribution in [2.75, 3.05) is 19.4 Å². The van der Waals surface area contributed by atoms with Gasteiger partial charge in [-0.15, -0.1) is 0 Å². The first-order valence-electron chi connectivity index (χ1n) is 7.64. The molecule has 2 N–H and O–H groups in total. The van der Waals surface area contributed by atoms with Crippen molar-refractivity contribution in [1.29, 1.82) is 0 Å². The van der Waals surface area contributed by atoms with Gasteiger partial charge in [0.1, 0.15) is 17.8 Å². The van der Waals surface area contributed by atoms with Crippen LogP contribution < -0.4 is 10.6 Å². The molecule has 0 spiro atoms. The van der Waals surface area contributed by atoms with Crippen LogP contribution in [0.3, 0.4) is 0 Å². The molecule has 2 atom stereocenters. The van der Waals surface area contributed by atoms with Crippen molar-refractivity contribution in [2.45, 2.75) is 25.9 Å². The van der Waals surface area contributed by atoms with Crippen LogP contribution in [0.15, 0.2) is 40.9 Å². The van der Waals surface area contributed by atoms with Crippen molar-refractivity contribution in [3.63, 3.8) is 0 Å². The predicted octanol–water partition coefficient (Wildman–Crippen LogP) is 1.73. The van der Waals surface area contributed by atoms with E-state index in [0.29, 0.717) is 11.6 Å². The minimum absolute atomic E-state index is 0.245. The molecule has 2 amide bonds. The summed E-state index contributed by atoms with van der Waals surface area (Å²) in [5.74, 6) is 0.317. The minimum atomic E-state index is -0.708. The summed E-state index contributed by atoms with van der Waals surface area (Å²) in [6, 6.07) is 9.84. The fourth-order valence-electron chi connectivity index (χ4n) is 2.34. The van der Waals surface area contributed by atoms with E-state index < -0.39 is 12.1 Å². The summed E-state index contributed by atoms with van der Waals surface area (Å²) in [4.78, 5) is 26.6. The SMILES string of the molecule is Cc1cc(NC(=O)C(C)NC(=O)C(c2ccccc2)N(C)C)no1. The van der Waals surface area contributed by atoms with E-state index in [-0.39, 0.29) is 11.8 Å². The highest BCUT2D eigenvalue weighted by molar-refractivity contribution is 5.97. The van der Waals surface area contributed by atoms with Crippen LogP contribution in [0.5, 0.6) is 0 Å². The Balaban J connectivity index is 2.02. The third-order valence-electron chi connectivity index (χ3n) is 3.51. The Kier molecular flexibility index (Phi) is 5.70. The molecule has 7 nitrogen and oxygen atoms in total. The van der Waals surface area contributed by atoms with E-state index in [2.05, 4.69) is 15.8 Å². The van der Waals surface area contributed by atoms with E-state index in [0.717, 1.165) is 5.56 Å². The number of aromatic nitrogens is 1. The summed E-state index contributed by atoms with van der Waals surface area (Å²) in [5.41, 5.74) is 0.861. The Hall–Kier alpha value is -2.67. The summed E-state index contributed by atoms with van der Waals surface area (Å²) >= 11 is 0. The zero-order chi connectivity index (χ0) is 17.7. The highest BCUT2D eigenvalue weighted by Crippen LogP contribution is 2.18. The molecule has 0 bridgehead atoms. The van der Waals surface area contributed by atoms with Crippen LogP contribution in [0.25, 0.3) is 0 Å². The van der Waals surface area contributed by atoms with Gasteiger partial charge in [-0.2, -0.15) is 0 Å². The largest absolute Gasteiger partial charge is 0.360 e. The molecular weight excluding hydrogens is 308 g/mol.